The Morgan fingerprint density at radius 2 is 2.11 bits per heavy atom. The van der Waals surface area contributed by atoms with Crippen molar-refractivity contribution in [2.24, 2.45) is 5.41 Å². The molecule has 1 aliphatic heterocycles. The molecule has 0 saturated carbocycles. The molecular formula is C12H21N3O4. The van der Waals surface area contributed by atoms with E-state index in [1.165, 1.54) is 0 Å². The normalized spacial score (nSPS) is 17.4. The summed E-state index contributed by atoms with van der Waals surface area (Å²) >= 11 is 0. The smallest absolute Gasteiger partial charge is 0.325 e. The maximum absolute atomic E-state index is 11.9. The van der Waals surface area contributed by atoms with Crippen LogP contribution in [0.4, 0.5) is 4.79 Å². The fourth-order valence-corrected chi connectivity index (χ4v) is 1.85. The maximum Gasteiger partial charge on any atom is 0.325 e. The number of hydrogen-bond acceptors (Lipinski definition) is 4. The maximum atomic E-state index is 11.9. The lowest BCUT2D eigenvalue weighted by molar-refractivity contribution is -0.131. The molecule has 0 aromatic carbocycles. The molecule has 0 aromatic rings. The van der Waals surface area contributed by atoms with Crippen molar-refractivity contribution in [1.82, 2.24) is 15.5 Å². The van der Waals surface area contributed by atoms with Crippen LogP contribution in [-0.4, -0.2) is 53.6 Å². The molecule has 1 atom stereocenters. The summed E-state index contributed by atoms with van der Waals surface area (Å²) in [7, 11) is 0. The van der Waals surface area contributed by atoms with E-state index in [-0.39, 0.29) is 31.2 Å². The average Bonchev–Trinajstić information content (AvgIpc) is 2.59. The van der Waals surface area contributed by atoms with Crippen molar-refractivity contribution in [3.8, 4) is 0 Å². The molecular weight excluding hydrogens is 250 g/mol. The van der Waals surface area contributed by atoms with Crippen molar-refractivity contribution in [1.29, 1.82) is 0 Å². The third kappa shape index (κ3) is 4.20. The Labute approximate surface area is 112 Å². The van der Waals surface area contributed by atoms with Crippen LogP contribution in [0.5, 0.6) is 0 Å². The predicted octanol–water partition coefficient (Wildman–Crippen LogP) is -0.548. The van der Waals surface area contributed by atoms with Crippen molar-refractivity contribution in [2.75, 3.05) is 19.7 Å². The van der Waals surface area contributed by atoms with Crippen LogP contribution in [0.1, 0.15) is 27.2 Å². The van der Waals surface area contributed by atoms with Gasteiger partial charge in [-0.3, -0.25) is 14.5 Å². The lowest BCUT2D eigenvalue weighted by Gasteiger charge is -2.31. The third-order valence-electron chi connectivity index (χ3n) is 3.04. The van der Waals surface area contributed by atoms with Crippen LogP contribution in [0.15, 0.2) is 0 Å². The second kappa shape index (κ2) is 6.01. The number of nitrogens with one attached hydrogen (secondary N) is 2. The number of imide groups is 1. The van der Waals surface area contributed by atoms with Gasteiger partial charge in [0.15, 0.2) is 0 Å². The number of nitrogens with zero attached hydrogens (tertiary/aromatic N) is 1. The summed E-state index contributed by atoms with van der Waals surface area (Å²) in [6.07, 6.45) is 0.426. The number of carbonyl (C=O) groups excluding carboxylic acids is 3. The topological polar surface area (TPSA) is 98.7 Å². The second-order valence-corrected chi connectivity index (χ2v) is 5.64. The number of amides is 4. The standard InChI is InChI=1S/C12H21N3O4/c1-12(2,3)8(4-5-16)14-9(17)7-15-10(18)6-13-11(15)19/h8,16H,4-7H2,1-3H3,(H,13,19)(H,14,17). The van der Waals surface area contributed by atoms with E-state index < -0.39 is 17.8 Å². The summed E-state index contributed by atoms with van der Waals surface area (Å²) in [4.78, 5) is 35.4. The van der Waals surface area contributed by atoms with Gasteiger partial charge in [-0.25, -0.2) is 4.79 Å². The largest absolute Gasteiger partial charge is 0.396 e. The van der Waals surface area contributed by atoms with E-state index in [9.17, 15) is 14.4 Å². The molecule has 1 heterocycles. The highest BCUT2D eigenvalue weighted by molar-refractivity contribution is 6.04. The van der Waals surface area contributed by atoms with Crippen LogP contribution in [0.2, 0.25) is 0 Å². The number of aliphatic hydroxyl groups excluding tert-OH is 1. The van der Waals surface area contributed by atoms with Gasteiger partial charge in [-0.1, -0.05) is 20.8 Å². The second-order valence-electron chi connectivity index (χ2n) is 5.64. The van der Waals surface area contributed by atoms with Gasteiger partial charge in [0.2, 0.25) is 5.91 Å². The van der Waals surface area contributed by atoms with E-state index in [4.69, 9.17) is 5.11 Å². The molecule has 0 aromatic heterocycles. The zero-order valence-electron chi connectivity index (χ0n) is 11.5. The molecule has 108 valence electrons. The van der Waals surface area contributed by atoms with Gasteiger partial charge in [-0.05, 0) is 11.8 Å². The van der Waals surface area contributed by atoms with E-state index in [2.05, 4.69) is 10.6 Å². The minimum Gasteiger partial charge on any atom is -0.396 e. The number of hydrogen-bond donors (Lipinski definition) is 3. The Morgan fingerprint density at radius 3 is 2.53 bits per heavy atom. The van der Waals surface area contributed by atoms with Crippen LogP contribution < -0.4 is 10.6 Å². The van der Waals surface area contributed by atoms with E-state index in [1.54, 1.807) is 0 Å². The minimum atomic E-state index is -0.547. The summed E-state index contributed by atoms with van der Waals surface area (Å²) in [6.45, 7) is 5.45. The molecule has 4 amide bonds. The Kier molecular flexibility index (Phi) is 4.88. The number of aliphatic hydroxyl groups is 1. The van der Waals surface area contributed by atoms with Crippen molar-refractivity contribution in [3.05, 3.63) is 0 Å². The quantitative estimate of drug-likeness (QED) is 0.584. The van der Waals surface area contributed by atoms with Gasteiger partial charge in [0.25, 0.3) is 5.91 Å². The van der Waals surface area contributed by atoms with Crippen LogP contribution in [0.3, 0.4) is 0 Å². The van der Waals surface area contributed by atoms with Gasteiger partial charge < -0.3 is 15.7 Å². The van der Waals surface area contributed by atoms with E-state index in [0.717, 1.165) is 4.90 Å². The molecule has 19 heavy (non-hydrogen) atoms. The SMILES string of the molecule is CC(C)(C)C(CCO)NC(=O)CN1C(=O)CNC1=O. The average molecular weight is 271 g/mol. The Hall–Kier alpha value is -1.63. The van der Waals surface area contributed by atoms with Crippen molar-refractivity contribution in [3.63, 3.8) is 0 Å². The van der Waals surface area contributed by atoms with Crippen LogP contribution in [0.25, 0.3) is 0 Å². The molecule has 0 bridgehead atoms. The molecule has 0 spiro atoms. The Morgan fingerprint density at radius 1 is 1.47 bits per heavy atom. The summed E-state index contributed by atoms with van der Waals surface area (Å²) in [5.41, 5.74) is -0.213. The van der Waals surface area contributed by atoms with Crippen molar-refractivity contribution in [2.45, 2.75) is 33.2 Å². The molecule has 0 aliphatic carbocycles. The molecule has 3 N–H and O–H groups in total. The molecule has 1 aliphatic rings. The first-order valence-electron chi connectivity index (χ1n) is 6.24. The van der Waals surface area contributed by atoms with Crippen LogP contribution in [0, 0.1) is 5.41 Å². The van der Waals surface area contributed by atoms with E-state index in [0.29, 0.717) is 6.42 Å². The monoisotopic (exact) mass is 271 g/mol. The van der Waals surface area contributed by atoms with Gasteiger partial charge in [-0.2, -0.15) is 0 Å². The molecule has 1 saturated heterocycles. The highest BCUT2D eigenvalue weighted by atomic mass is 16.3. The molecule has 7 heteroatoms. The molecule has 1 fully saturated rings. The van der Waals surface area contributed by atoms with Gasteiger partial charge in [0, 0.05) is 12.6 Å². The Bertz CT molecular complexity index is 360. The van der Waals surface area contributed by atoms with Gasteiger partial charge in [0.1, 0.15) is 6.54 Å². The third-order valence-corrected chi connectivity index (χ3v) is 3.04. The number of rotatable bonds is 5. The molecule has 1 unspecified atom stereocenters. The summed E-state index contributed by atoms with van der Waals surface area (Å²) in [6, 6.07) is -0.764. The lowest BCUT2D eigenvalue weighted by atomic mass is 9.85. The zero-order valence-corrected chi connectivity index (χ0v) is 11.5. The van der Waals surface area contributed by atoms with Crippen molar-refractivity contribution < 1.29 is 19.5 Å². The zero-order chi connectivity index (χ0) is 14.6. The minimum absolute atomic E-state index is 0.0364. The summed E-state index contributed by atoms with van der Waals surface area (Å²) in [5, 5.41) is 14.1. The summed E-state index contributed by atoms with van der Waals surface area (Å²) in [5.74, 6) is -0.812. The van der Waals surface area contributed by atoms with Gasteiger partial charge >= 0.3 is 6.03 Å². The number of urea groups is 1. The molecule has 7 nitrogen and oxygen atoms in total. The fraction of sp³-hybridized carbons (Fsp3) is 0.750. The number of carbonyl (C=O) groups is 3. The van der Waals surface area contributed by atoms with Gasteiger partial charge in [-0.15, -0.1) is 0 Å². The van der Waals surface area contributed by atoms with Crippen LogP contribution in [-0.2, 0) is 9.59 Å². The fourth-order valence-electron chi connectivity index (χ4n) is 1.85. The molecule has 0 radical (unpaired) electrons. The highest BCUT2D eigenvalue weighted by Gasteiger charge is 2.32. The van der Waals surface area contributed by atoms with E-state index >= 15 is 0 Å². The molecule has 1 rings (SSSR count). The highest BCUT2D eigenvalue weighted by Crippen LogP contribution is 2.21. The first kappa shape index (κ1) is 15.4. The first-order valence-corrected chi connectivity index (χ1v) is 6.24. The van der Waals surface area contributed by atoms with Gasteiger partial charge in [0.05, 0.1) is 6.54 Å². The van der Waals surface area contributed by atoms with Crippen molar-refractivity contribution >= 4 is 17.8 Å². The lowest BCUT2D eigenvalue weighted by Crippen LogP contribution is -2.49. The Balaban J connectivity index is 2.58. The van der Waals surface area contributed by atoms with Crippen LogP contribution >= 0.6 is 0 Å². The van der Waals surface area contributed by atoms with E-state index in [1.807, 2.05) is 20.8 Å². The summed E-state index contributed by atoms with van der Waals surface area (Å²) < 4.78 is 0. The first-order chi connectivity index (χ1) is 8.75. The predicted molar refractivity (Wildman–Crippen MR) is 68.2 cm³/mol.